The molecule has 5 nitrogen and oxygen atoms in total. The van der Waals surface area contributed by atoms with Crippen molar-refractivity contribution in [3.05, 3.63) is 71.0 Å². The van der Waals surface area contributed by atoms with Crippen LogP contribution in [0.15, 0.2) is 48.5 Å². The van der Waals surface area contributed by atoms with Crippen LogP contribution in [0.3, 0.4) is 0 Å². The zero-order valence-corrected chi connectivity index (χ0v) is 18.5. The molecule has 4 rings (SSSR count). The zero-order valence-electron chi connectivity index (χ0n) is 18.5. The maximum absolute atomic E-state index is 13.0. The molecule has 2 aromatic carbocycles. The van der Waals surface area contributed by atoms with Gasteiger partial charge in [-0.2, -0.15) is 0 Å². The van der Waals surface area contributed by atoms with Crippen LogP contribution in [-0.4, -0.2) is 36.0 Å². The lowest BCUT2D eigenvalue weighted by atomic mass is 9.90. The van der Waals surface area contributed by atoms with Crippen molar-refractivity contribution in [2.24, 2.45) is 5.92 Å². The van der Waals surface area contributed by atoms with Gasteiger partial charge in [0.2, 0.25) is 5.91 Å². The van der Waals surface area contributed by atoms with E-state index in [0.717, 1.165) is 57.2 Å². The standard InChI is InChI=1S/C26H32FN3O2/c27-23-8-5-22(6-9-23)18-28-26(32)30-15-13-21(14-16-30)17-20-3-1-19(2-4-20)7-12-25(31)29-24-10-11-24/h1-6,8-9,21,24H,7,10-18H2,(H,28,32)(H,29,31). The minimum absolute atomic E-state index is 0.0529. The highest BCUT2D eigenvalue weighted by atomic mass is 19.1. The maximum Gasteiger partial charge on any atom is 0.317 e. The second kappa shape index (κ2) is 10.6. The van der Waals surface area contributed by atoms with Crippen molar-refractivity contribution < 1.29 is 14.0 Å². The Morgan fingerprint density at radius 3 is 2.16 bits per heavy atom. The fourth-order valence-corrected chi connectivity index (χ4v) is 4.19. The number of urea groups is 1. The van der Waals surface area contributed by atoms with E-state index >= 15 is 0 Å². The van der Waals surface area contributed by atoms with E-state index in [0.29, 0.717) is 24.9 Å². The minimum Gasteiger partial charge on any atom is -0.353 e. The third-order valence-corrected chi connectivity index (χ3v) is 6.39. The van der Waals surface area contributed by atoms with Crippen molar-refractivity contribution in [2.45, 2.75) is 57.5 Å². The number of benzene rings is 2. The van der Waals surface area contributed by atoms with Crippen LogP contribution in [-0.2, 0) is 24.2 Å². The Labute approximate surface area is 189 Å². The Balaban J connectivity index is 1.15. The summed E-state index contributed by atoms with van der Waals surface area (Å²) in [6.07, 6.45) is 6.59. The van der Waals surface area contributed by atoms with Crippen molar-refractivity contribution in [3.8, 4) is 0 Å². The maximum atomic E-state index is 13.0. The smallest absolute Gasteiger partial charge is 0.317 e. The number of nitrogens with zero attached hydrogens (tertiary/aromatic N) is 1. The fraction of sp³-hybridized carbons (Fsp3) is 0.462. The molecule has 1 aliphatic heterocycles. The monoisotopic (exact) mass is 437 g/mol. The Hall–Kier alpha value is -2.89. The lowest BCUT2D eigenvalue weighted by Gasteiger charge is -2.32. The summed E-state index contributed by atoms with van der Waals surface area (Å²) in [6, 6.07) is 15.2. The van der Waals surface area contributed by atoms with Crippen LogP contribution < -0.4 is 10.6 Å². The number of rotatable bonds is 8. The minimum atomic E-state index is -0.270. The van der Waals surface area contributed by atoms with Gasteiger partial charge in [0.25, 0.3) is 0 Å². The lowest BCUT2D eigenvalue weighted by Crippen LogP contribution is -2.44. The van der Waals surface area contributed by atoms with Crippen LogP contribution in [0.1, 0.15) is 48.8 Å². The highest BCUT2D eigenvalue weighted by Gasteiger charge is 2.24. The molecular weight excluding hydrogens is 405 g/mol. The Morgan fingerprint density at radius 2 is 1.50 bits per heavy atom. The largest absolute Gasteiger partial charge is 0.353 e. The molecule has 32 heavy (non-hydrogen) atoms. The van der Waals surface area contributed by atoms with Gasteiger partial charge in [-0.05, 0) is 73.3 Å². The Kier molecular flexibility index (Phi) is 7.40. The molecule has 2 aliphatic rings. The number of carbonyl (C=O) groups excluding carboxylic acids is 2. The van der Waals surface area contributed by atoms with Gasteiger partial charge in [0.15, 0.2) is 0 Å². The first-order chi connectivity index (χ1) is 15.5. The van der Waals surface area contributed by atoms with Crippen LogP contribution >= 0.6 is 0 Å². The molecule has 6 heteroatoms. The summed E-state index contributed by atoms with van der Waals surface area (Å²) in [6.45, 7) is 1.93. The summed E-state index contributed by atoms with van der Waals surface area (Å²) in [5, 5.41) is 5.96. The molecule has 0 spiro atoms. The molecule has 3 amide bonds. The molecular formula is C26H32FN3O2. The molecule has 2 N–H and O–H groups in total. The lowest BCUT2D eigenvalue weighted by molar-refractivity contribution is -0.121. The van der Waals surface area contributed by atoms with Gasteiger partial charge in [-0.1, -0.05) is 36.4 Å². The Bertz CT molecular complexity index is 902. The number of likely N-dealkylation sites (tertiary alicyclic amines) is 1. The predicted octanol–water partition coefficient (Wildman–Crippen LogP) is 4.20. The first-order valence-corrected chi connectivity index (χ1v) is 11.7. The van der Waals surface area contributed by atoms with Gasteiger partial charge < -0.3 is 15.5 Å². The van der Waals surface area contributed by atoms with E-state index < -0.39 is 0 Å². The average molecular weight is 438 g/mol. The van der Waals surface area contributed by atoms with Gasteiger partial charge in [-0.25, -0.2) is 9.18 Å². The van der Waals surface area contributed by atoms with Crippen LogP contribution in [0.25, 0.3) is 0 Å². The van der Waals surface area contributed by atoms with Crippen LogP contribution in [0.5, 0.6) is 0 Å². The SMILES string of the molecule is O=C(CCc1ccc(CC2CCN(C(=O)NCc3ccc(F)cc3)CC2)cc1)NC1CC1. The molecule has 1 saturated heterocycles. The Morgan fingerprint density at radius 1 is 0.875 bits per heavy atom. The number of hydrogen-bond donors (Lipinski definition) is 2. The van der Waals surface area contributed by atoms with Crippen molar-refractivity contribution in [3.63, 3.8) is 0 Å². The van der Waals surface area contributed by atoms with Crippen molar-refractivity contribution in [1.29, 1.82) is 0 Å². The van der Waals surface area contributed by atoms with E-state index in [4.69, 9.17) is 0 Å². The van der Waals surface area contributed by atoms with E-state index in [1.807, 2.05) is 4.90 Å². The van der Waals surface area contributed by atoms with Crippen molar-refractivity contribution >= 4 is 11.9 Å². The third kappa shape index (κ3) is 6.81. The van der Waals surface area contributed by atoms with E-state index in [1.165, 1.54) is 23.3 Å². The molecule has 1 heterocycles. The number of halogens is 1. The molecule has 1 saturated carbocycles. The van der Waals surface area contributed by atoms with E-state index in [2.05, 4.69) is 34.9 Å². The fourth-order valence-electron chi connectivity index (χ4n) is 4.19. The summed E-state index contributed by atoms with van der Waals surface area (Å²) < 4.78 is 13.0. The van der Waals surface area contributed by atoms with Gasteiger partial charge in [0, 0.05) is 32.1 Å². The van der Waals surface area contributed by atoms with E-state index in [-0.39, 0.29) is 17.8 Å². The number of aryl methyl sites for hydroxylation is 1. The molecule has 2 aromatic rings. The van der Waals surface area contributed by atoms with Crippen molar-refractivity contribution in [2.75, 3.05) is 13.1 Å². The third-order valence-electron chi connectivity index (χ3n) is 6.39. The topological polar surface area (TPSA) is 61.4 Å². The number of nitrogens with one attached hydrogen (secondary N) is 2. The number of hydrogen-bond acceptors (Lipinski definition) is 2. The predicted molar refractivity (Wildman–Crippen MR) is 123 cm³/mol. The van der Waals surface area contributed by atoms with Gasteiger partial charge in [-0.3, -0.25) is 4.79 Å². The zero-order chi connectivity index (χ0) is 22.3. The second-order valence-corrected chi connectivity index (χ2v) is 9.08. The van der Waals surface area contributed by atoms with Crippen molar-refractivity contribution in [1.82, 2.24) is 15.5 Å². The van der Waals surface area contributed by atoms with E-state index in [1.54, 1.807) is 12.1 Å². The number of amides is 3. The highest BCUT2D eigenvalue weighted by molar-refractivity contribution is 5.76. The van der Waals surface area contributed by atoms with Crippen LogP contribution in [0.2, 0.25) is 0 Å². The molecule has 2 fully saturated rings. The van der Waals surface area contributed by atoms with Crippen LogP contribution in [0, 0.1) is 11.7 Å². The second-order valence-electron chi connectivity index (χ2n) is 9.08. The number of carbonyl (C=O) groups is 2. The normalized spacial score (nSPS) is 16.6. The molecule has 1 aliphatic carbocycles. The molecule has 0 aromatic heterocycles. The average Bonchev–Trinajstić information content (AvgIpc) is 3.62. The van der Waals surface area contributed by atoms with Crippen LogP contribution in [0.4, 0.5) is 9.18 Å². The quantitative estimate of drug-likeness (QED) is 0.650. The highest BCUT2D eigenvalue weighted by Crippen LogP contribution is 2.22. The summed E-state index contributed by atoms with van der Waals surface area (Å²) in [4.78, 5) is 26.1. The molecule has 0 radical (unpaired) electrons. The first-order valence-electron chi connectivity index (χ1n) is 11.7. The molecule has 170 valence electrons. The first kappa shape index (κ1) is 22.3. The van der Waals surface area contributed by atoms with Gasteiger partial charge in [0.05, 0.1) is 0 Å². The van der Waals surface area contributed by atoms with Gasteiger partial charge >= 0.3 is 6.03 Å². The molecule has 0 bridgehead atoms. The number of piperidine rings is 1. The van der Waals surface area contributed by atoms with E-state index in [9.17, 15) is 14.0 Å². The molecule has 0 atom stereocenters. The summed E-state index contributed by atoms with van der Waals surface area (Å²) in [5.41, 5.74) is 3.41. The summed E-state index contributed by atoms with van der Waals surface area (Å²) in [5.74, 6) is 0.462. The summed E-state index contributed by atoms with van der Waals surface area (Å²) >= 11 is 0. The van der Waals surface area contributed by atoms with Gasteiger partial charge in [-0.15, -0.1) is 0 Å². The molecule has 0 unspecified atom stereocenters. The van der Waals surface area contributed by atoms with Gasteiger partial charge in [0.1, 0.15) is 5.82 Å². The summed E-state index contributed by atoms with van der Waals surface area (Å²) in [7, 11) is 0.